The van der Waals surface area contributed by atoms with Crippen LogP contribution >= 0.6 is 23.1 Å². The number of hydrogen-bond acceptors (Lipinski definition) is 9. The average molecular weight is 298 g/mol. The van der Waals surface area contributed by atoms with Gasteiger partial charge in [-0.05, 0) is 0 Å². The van der Waals surface area contributed by atoms with Crippen molar-refractivity contribution in [1.29, 1.82) is 0 Å². The van der Waals surface area contributed by atoms with Crippen LogP contribution in [-0.2, 0) is 17.0 Å². The van der Waals surface area contributed by atoms with Gasteiger partial charge in [0, 0.05) is 5.38 Å². The number of nitrogens with zero attached hydrogens (tertiary/aromatic N) is 4. The maximum atomic E-state index is 10.5. The molecular weight excluding hydrogens is 288 g/mol. The summed E-state index contributed by atoms with van der Waals surface area (Å²) in [6.07, 6.45) is -0.0806. The Balaban J connectivity index is 1.98. The fourth-order valence-electron chi connectivity index (χ4n) is 1.24. The van der Waals surface area contributed by atoms with Gasteiger partial charge in [0.25, 0.3) is 0 Å². The van der Waals surface area contributed by atoms with E-state index in [1.54, 1.807) is 5.38 Å². The van der Waals surface area contributed by atoms with Gasteiger partial charge in [0.15, 0.2) is 4.34 Å². The Hall–Kier alpha value is -1.94. The van der Waals surface area contributed by atoms with Crippen LogP contribution in [-0.4, -0.2) is 31.0 Å². The van der Waals surface area contributed by atoms with Crippen molar-refractivity contribution in [3.05, 3.63) is 16.9 Å². The highest BCUT2D eigenvalue weighted by atomic mass is 32.2. The average Bonchev–Trinajstić information content (AvgIpc) is 2.72. The van der Waals surface area contributed by atoms with E-state index in [0.29, 0.717) is 17.3 Å². The standard InChI is InChI=1S/C9H10N6O2S2/c10-7-13-5(14-8(11)15-7)3-19-9-12-4(2-18-9)1-6(16)17/h2H,1,3H2,(H,16,17)(H4,10,11,13,14,15). The zero-order valence-corrected chi connectivity index (χ0v) is 11.2. The van der Waals surface area contributed by atoms with E-state index in [-0.39, 0.29) is 18.3 Å². The summed E-state index contributed by atoms with van der Waals surface area (Å²) >= 11 is 2.76. The molecule has 0 aliphatic rings. The van der Waals surface area contributed by atoms with Crippen LogP contribution in [0, 0.1) is 0 Å². The highest BCUT2D eigenvalue weighted by molar-refractivity contribution is 8.00. The van der Waals surface area contributed by atoms with Crippen molar-refractivity contribution in [2.45, 2.75) is 16.5 Å². The number of nitrogen functional groups attached to an aromatic ring is 2. The third kappa shape index (κ3) is 4.03. The lowest BCUT2D eigenvalue weighted by molar-refractivity contribution is -0.136. The molecule has 0 fully saturated rings. The number of anilines is 2. The Labute approximate surface area is 116 Å². The van der Waals surface area contributed by atoms with Gasteiger partial charge in [0.2, 0.25) is 11.9 Å². The first-order valence-electron chi connectivity index (χ1n) is 5.08. The van der Waals surface area contributed by atoms with Crippen LogP contribution < -0.4 is 11.5 Å². The maximum Gasteiger partial charge on any atom is 0.309 e. The van der Waals surface area contributed by atoms with E-state index in [1.807, 2.05) is 0 Å². The van der Waals surface area contributed by atoms with E-state index in [4.69, 9.17) is 16.6 Å². The molecule has 0 atom stereocenters. The zero-order chi connectivity index (χ0) is 13.8. The molecule has 100 valence electrons. The van der Waals surface area contributed by atoms with E-state index < -0.39 is 5.97 Å². The summed E-state index contributed by atoms with van der Waals surface area (Å²) in [5, 5.41) is 10.4. The molecule has 0 aliphatic carbocycles. The number of aromatic nitrogens is 4. The minimum atomic E-state index is -0.903. The van der Waals surface area contributed by atoms with Crippen LogP contribution in [0.4, 0.5) is 11.9 Å². The molecule has 2 heterocycles. The number of carboxylic acid groups (broad SMARTS) is 1. The lowest BCUT2D eigenvalue weighted by Gasteiger charge is -2.00. The van der Waals surface area contributed by atoms with Gasteiger partial charge >= 0.3 is 5.97 Å². The number of nitrogens with two attached hydrogens (primary N) is 2. The smallest absolute Gasteiger partial charge is 0.309 e. The maximum absolute atomic E-state index is 10.5. The van der Waals surface area contributed by atoms with Crippen LogP contribution in [0.3, 0.4) is 0 Å². The fourth-order valence-corrected chi connectivity index (χ4v) is 2.94. The van der Waals surface area contributed by atoms with Crippen molar-refractivity contribution >= 4 is 41.0 Å². The molecule has 0 spiro atoms. The van der Waals surface area contributed by atoms with Crippen molar-refractivity contribution < 1.29 is 9.90 Å². The van der Waals surface area contributed by atoms with Gasteiger partial charge in [-0.1, -0.05) is 11.8 Å². The number of hydrogen-bond donors (Lipinski definition) is 3. The number of carboxylic acids is 1. The molecular formula is C9H10N6O2S2. The van der Waals surface area contributed by atoms with E-state index >= 15 is 0 Å². The summed E-state index contributed by atoms with van der Waals surface area (Å²) in [4.78, 5) is 26.3. The fraction of sp³-hybridized carbons (Fsp3) is 0.222. The molecule has 8 nitrogen and oxygen atoms in total. The molecule has 5 N–H and O–H groups in total. The lowest BCUT2D eigenvalue weighted by Crippen LogP contribution is -2.05. The summed E-state index contributed by atoms with van der Waals surface area (Å²) in [7, 11) is 0. The first-order chi connectivity index (χ1) is 9.02. The van der Waals surface area contributed by atoms with Crippen molar-refractivity contribution in [2.75, 3.05) is 11.5 Å². The molecule has 2 aromatic rings. The van der Waals surface area contributed by atoms with Crippen LogP contribution in [0.1, 0.15) is 11.5 Å². The van der Waals surface area contributed by atoms with Crippen molar-refractivity contribution in [3.63, 3.8) is 0 Å². The number of thioether (sulfide) groups is 1. The molecule has 10 heteroatoms. The topological polar surface area (TPSA) is 141 Å². The van der Waals surface area contributed by atoms with Crippen LogP contribution in [0.5, 0.6) is 0 Å². The predicted octanol–water partition coefficient (Wildman–Crippen LogP) is 0.412. The van der Waals surface area contributed by atoms with Crippen LogP contribution in [0.25, 0.3) is 0 Å². The summed E-state index contributed by atoms with van der Waals surface area (Å²) in [5.41, 5.74) is 11.5. The summed E-state index contributed by atoms with van der Waals surface area (Å²) in [6, 6.07) is 0. The van der Waals surface area contributed by atoms with Crippen LogP contribution in [0.15, 0.2) is 9.72 Å². The largest absolute Gasteiger partial charge is 0.481 e. The minimum Gasteiger partial charge on any atom is -0.481 e. The third-order valence-electron chi connectivity index (χ3n) is 1.90. The van der Waals surface area contributed by atoms with E-state index in [9.17, 15) is 4.79 Å². The Bertz CT molecular complexity index is 582. The molecule has 2 rings (SSSR count). The Morgan fingerprint density at radius 1 is 1.26 bits per heavy atom. The second-order valence-corrected chi connectivity index (χ2v) is 5.51. The van der Waals surface area contributed by atoms with Gasteiger partial charge in [-0.15, -0.1) is 11.3 Å². The molecule has 0 saturated carbocycles. The Kier molecular flexibility index (Phi) is 4.12. The summed E-state index contributed by atoms with van der Waals surface area (Å²) in [6.45, 7) is 0. The Morgan fingerprint density at radius 2 is 1.95 bits per heavy atom. The zero-order valence-electron chi connectivity index (χ0n) is 9.61. The molecule has 0 aliphatic heterocycles. The number of carbonyl (C=O) groups is 1. The highest BCUT2D eigenvalue weighted by Crippen LogP contribution is 2.25. The molecule has 19 heavy (non-hydrogen) atoms. The monoisotopic (exact) mass is 298 g/mol. The molecule has 0 aromatic carbocycles. The second-order valence-electron chi connectivity index (χ2n) is 3.43. The quantitative estimate of drug-likeness (QED) is 0.669. The van der Waals surface area contributed by atoms with Gasteiger partial charge in [-0.2, -0.15) is 15.0 Å². The minimum absolute atomic E-state index is 0.0776. The van der Waals surface area contributed by atoms with Gasteiger partial charge in [-0.25, -0.2) is 4.98 Å². The van der Waals surface area contributed by atoms with Gasteiger partial charge in [0.05, 0.1) is 17.9 Å². The number of rotatable bonds is 5. The van der Waals surface area contributed by atoms with Gasteiger partial charge in [0.1, 0.15) is 5.82 Å². The third-order valence-corrected chi connectivity index (χ3v) is 3.97. The predicted molar refractivity (Wildman–Crippen MR) is 71.7 cm³/mol. The molecule has 0 bridgehead atoms. The molecule has 0 unspecified atom stereocenters. The van der Waals surface area contributed by atoms with E-state index in [2.05, 4.69) is 19.9 Å². The van der Waals surface area contributed by atoms with E-state index in [0.717, 1.165) is 4.34 Å². The first-order valence-corrected chi connectivity index (χ1v) is 6.94. The SMILES string of the molecule is Nc1nc(N)nc(CSc2nc(CC(=O)O)cs2)n1. The van der Waals surface area contributed by atoms with Crippen molar-refractivity contribution in [1.82, 2.24) is 19.9 Å². The lowest BCUT2D eigenvalue weighted by atomic mass is 10.3. The van der Waals surface area contributed by atoms with Crippen molar-refractivity contribution in [3.8, 4) is 0 Å². The first kappa shape index (κ1) is 13.5. The van der Waals surface area contributed by atoms with Gasteiger partial charge < -0.3 is 16.6 Å². The summed E-state index contributed by atoms with van der Waals surface area (Å²) in [5.74, 6) is 0.157. The molecule has 2 aromatic heterocycles. The molecule has 0 radical (unpaired) electrons. The van der Waals surface area contributed by atoms with E-state index in [1.165, 1.54) is 23.1 Å². The van der Waals surface area contributed by atoms with Crippen LogP contribution in [0.2, 0.25) is 0 Å². The second kappa shape index (κ2) is 5.80. The molecule has 0 saturated heterocycles. The van der Waals surface area contributed by atoms with Gasteiger partial charge in [-0.3, -0.25) is 4.79 Å². The highest BCUT2D eigenvalue weighted by Gasteiger charge is 2.08. The summed E-state index contributed by atoms with van der Waals surface area (Å²) < 4.78 is 0.744. The number of thiazole rings is 1. The normalized spacial score (nSPS) is 10.5. The number of aliphatic carboxylic acids is 1. The van der Waals surface area contributed by atoms with Crippen molar-refractivity contribution in [2.24, 2.45) is 0 Å². The molecule has 0 amide bonds. The Morgan fingerprint density at radius 3 is 2.58 bits per heavy atom.